The highest BCUT2D eigenvalue weighted by molar-refractivity contribution is 8.01. The highest BCUT2D eigenvalue weighted by Gasteiger charge is 2.37. The van der Waals surface area contributed by atoms with Crippen molar-refractivity contribution in [1.82, 2.24) is 0 Å². The Hall–Kier alpha value is -1.44. The molecule has 0 bridgehead atoms. The van der Waals surface area contributed by atoms with Crippen LogP contribution in [-0.4, -0.2) is 28.1 Å². The third-order valence-electron chi connectivity index (χ3n) is 3.33. The molecule has 4 heteroatoms. The van der Waals surface area contributed by atoms with Crippen molar-refractivity contribution >= 4 is 23.4 Å². The van der Waals surface area contributed by atoms with E-state index in [0.29, 0.717) is 6.42 Å². The van der Waals surface area contributed by atoms with Crippen LogP contribution in [0.25, 0.3) is 0 Å². The second kappa shape index (κ2) is 6.83. The number of amides is 1. The Morgan fingerprint density at radius 3 is 3.00 bits per heavy atom. The van der Waals surface area contributed by atoms with Crippen LogP contribution < -0.4 is 5.32 Å². The molecule has 106 valence electrons. The van der Waals surface area contributed by atoms with Crippen molar-refractivity contribution in [3.05, 3.63) is 29.8 Å². The Kier molecular flexibility index (Phi) is 5.11. The number of nitrogens with one attached hydrogen (secondary N) is 1. The number of hydrogen-bond acceptors (Lipinski definition) is 3. The van der Waals surface area contributed by atoms with Gasteiger partial charge in [-0.2, -0.15) is 0 Å². The molecule has 0 aromatic heterocycles. The van der Waals surface area contributed by atoms with E-state index < -0.39 is 0 Å². The first-order valence-corrected chi connectivity index (χ1v) is 7.78. The molecule has 0 radical (unpaired) electrons. The van der Waals surface area contributed by atoms with Crippen LogP contribution in [-0.2, 0) is 4.79 Å². The molecule has 2 rings (SSSR count). The van der Waals surface area contributed by atoms with Gasteiger partial charge in [-0.05, 0) is 37.7 Å². The molecule has 1 aromatic rings. The second-order valence-electron chi connectivity index (χ2n) is 4.96. The number of thioether (sulfide) groups is 1. The Balaban J connectivity index is 2.13. The standard InChI is InChI=1S/C16H19NO2S/c1-16(10-6-12-20-16)15(19)17-14-9-3-2-7-13(14)8-4-5-11-18/h2-3,7,9,18H,5-6,10-12H2,1H3,(H,17,19). The van der Waals surface area contributed by atoms with Crippen LogP contribution in [0, 0.1) is 11.8 Å². The first kappa shape index (κ1) is 15.0. The van der Waals surface area contributed by atoms with Gasteiger partial charge in [0, 0.05) is 12.0 Å². The zero-order valence-electron chi connectivity index (χ0n) is 11.6. The van der Waals surface area contributed by atoms with Crippen LogP contribution in [0.1, 0.15) is 31.7 Å². The summed E-state index contributed by atoms with van der Waals surface area (Å²) >= 11 is 1.72. The predicted octanol–water partition coefficient (Wildman–Crippen LogP) is 2.64. The Morgan fingerprint density at radius 2 is 2.30 bits per heavy atom. The number of hydrogen-bond donors (Lipinski definition) is 2. The number of aliphatic hydroxyl groups is 1. The molecule has 0 aliphatic carbocycles. The summed E-state index contributed by atoms with van der Waals surface area (Å²) in [6.07, 6.45) is 2.45. The SMILES string of the molecule is CC1(C(=O)Nc2ccccc2C#CCCO)CCCS1. The number of aliphatic hydroxyl groups excluding tert-OH is 1. The number of rotatable bonds is 3. The van der Waals surface area contributed by atoms with Crippen molar-refractivity contribution in [2.24, 2.45) is 0 Å². The summed E-state index contributed by atoms with van der Waals surface area (Å²) in [4.78, 5) is 12.4. The fourth-order valence-corrected chi connectivity index (χ4v) is 3.34. The molecule has 1 amide bonds. The molecule has 1 aliphatic rings. The van der Waals surface area contributed by atoms with Gasteiger partial charge in [-0.15, -0.1) is 11.8 Å². The van der Waals surface area contributed by atoms with E-state index in [0.717, 1.165) is 29.8 Å². The van der Waals surface area contributed by atoms with Gasteiger partial charge in [-0.25, -0.2) is 0 Å². The van der Waals surface area contributed by atoms with E-state index in [1.165, 1.54) is 0 Å². The van der Waals surface area contributed by atoms with Crippen molar-refractivity contribution in [1.29, 1.82) is 0 Å². The topological polar surface area (TPSA) is 49.3 Å². The van der Waals surface area contributed by atoms with E-state index in [4.69, 9.17) is 5.11 Å². The third-order valence-corrected chi connectivity index (χ3v) is 4.85. The molecular formula is C16H19NO2S. The van der Waals surface area contributed by atoms with E-state index in [-0.39, 0.29) is 17.3 Å². The van der Waals surface area contributed by atoms with Gasteiger partial charge in [0.1, 0.15) is 0 Å². The van der Waals surface area contributed by atoms with Crippen LogP contribution in [0.2, 0.25) is 0 Å². The molecule has 0 spiro atoms. The maximum absolute atomic E-state index is 12.4. The maximum Gasteiger partial charge on any atom is 0.240 e. The van der Waals surface area contributed by atoms with Crippen LogP contribution in [0.4, 0.5) is 5.69 Å². The summed E-state index contributed by atoms with van der Waals surface area (Å²) in [5, 5.41) is 11.8. The molecule has 1 aromatic carbocycles. The minimum absolute atomic E-state index is 0.0518. The number of carbonyl (C=O) groups is 1. The van der Waals surface area contributed by atoms with Crippen molar-refractivity contribution < 1.29 is 9.90 Å². The monoisotopic (exact) mass is 289 g/mol. The first-order valence-electron chi connectivity index (χ1n) is 6.80. The maximum atomic E-state index is 12.4. The Labute approximate surface area is 124 Å². The predicted molar refractivity (Wildman–Crippen MR) is 83.7 cm³/mol. The zero-order valence-corrected chi connectivity index (χ0v) is 12.4. The van der Waals surface area contributed by atoms with E-state index in [1.54, 1.807) is 11.8 Å². The summed E-state index contributed by atoms with van der Waals surface area (Å²) < 4.78 is -0.328. The molecule has 1 atom stereocenters. The number of benzene rings is 1. The van der Waals surface area contributed by atoms with E-state index >= 15 is 0 Å². The van der Waals surface area contributed by atoms with Crippen LogP contribution >= 0.6 is 11.8 Å². The normalized spacial score (nSPS) is 21.1. The van der Waals surface area contributed by atoms with Gasteiger partial charge in [0.15, 0.2) is 0 Å². The van der Waals surface area contributed by atoms with Crippen molar-refractivity contribution in [3.63, 3.8) is 0 Å². The molecule has 1 saturated heterocycles. The molecule has 1 fully saturated rings. The zero-order chi connectivity index (χ0) is 14.4. The lowest BCUT2D eigenvalue weighted by Crippen LogP contribution is -2.34. The van der Waals surface area contributed by atoms with Gasteiger partial charge in [-0.3, -0.25) is 4.79 Å². The lowest BCUT2D eigenvalue weighted by Gasteiger charge is -2.21. The summed E-state index contributed by atoms with van der Waals surface area (Å²) in [6, 6.07) is 7.52. The summed E-state index contributed by atoms with van der Waals surface area (Å²) in [5.41, 5.74) is 1.54. The summed E-state index contributed by atoms with van der Waals surface area (Å²) in [6.45, 7) is 2.05. The van der Waals surface area contributed by atoms with Crippen molar-refractivity contribution in [3.8, 4) is 11.8 Å². The van der Waals surface area contributed by atoms with E-state index in [1.807, 2.05) is 31.2 Å². The van der Waals surface area contributed by atoms with E-state index in [9.17, 15) is 4.79 Å². The van der Waals surface area contributed by atoms with Crippen LogP contribution in [0.5, 0.6) is 0 Å². The summed E-state index contributed by atoms with van der Waals surface area (Å²) in [7, 11) is 0. The Morgan fingerprint density at radius 1 is 1.50 bits per heavy atom. The van der Waals surface area contributed by atoms with Gasteiger partial charge in [-0.1, -0.05) is 24.0 Å². The largest absolute Gasteiger partial charge is 0.395 e. The highest BCUT2D eigenvalue weighted by atomic mass is 32.2. The third kappa shape index (κ3) is 3.56. The average Bonchev–Trinajstić information content (AvgIpc) is 2.89. The average molecular weight is 289 g/mol. The van der Waals surface area contributed by atoms with Gasteiger partial charge in [0.2, 0.25) is 5.91 Å². The molecule has 1 aliphatic heterocycles. The molecule has 3 nitrogen and oxygen atoms in total. The summed E-state index contributed by atoms with van der Waals surface area (Å²) in [5.74, 6) is 6.97. The molecular weight excluding hydrogens is 270 g/mol. The fraction of sp³-hybridized carbons (Fsp3) is 0.438. The second-order valence-corrected chi connectivity index (χ2v) is 6.56. The number of anilines is 1. The minimum Gasteiger partial charge on any atom is -0.395 e. The number of para-hydroxylation sites is 1. The molecule has 2 N–H and O–H groups in total. The highest BCUT2D eigenvalue weighted by Crippen LogP contribution is 2.38. The van der Waals surface area contributed by atoms with Gasteiger partial charge < -0.3 is 10.4 Å². The smallest absolute Gasteiger partial charge is 0.240 e. The van der Waals surface area contributed by atoms with Crippen molar-refractivity contribution in [2.45, 2.75) is 30.9 Å². The van der Waals surface area contributed by atoms with Crippen LogP contribution in [0.15, 0.2) is 24.3 Å². The lowest BCUT2D eigenvalue weighted by atomic mass is 10.0. The number of carbonyl (C=O) groups excluding carboxylic acids is 1. The quantitative estimate of drug-likeness (QED) is 0.841. The fourth-order valence-electron chi connectivity index (χ4n) is 2.13. The molecule has 0 saturated carbocycles. The van der Waals surface area contributed by atoms with Gasteiger partial charge >= 0.3 is 0 Å². The van der Waals surface area contributed by atoms with Crippen molar-refractivity contribution in [2.75, 3.05) is 17.7 Å². The van der Waals surface area contributed by atoms with Gasteiger partial charge in [0.25, 0.3) is 0 Å². The molecule has 1 unspecified atom stereocenters. The first-order chi connectivity index (χ1) is 9.65. The van der Waals surface area contributed by atoms with Crippen LogP contribution in [0.3, 0.4) is 0 Å². The molecule has 1 heterocycles. The van der Waals surface area contributed by atoms with E-state index in [2.05, 4.69) is 17.2 Å². The van der Waals surface area contributed by atoms with Gasteiger partial charge in [0.05, 0.1) is 17.0 Å². The Bertz CT molecular complexity index is 539. The molecule has 20 heavy (non-hydrogen) atoms. The lowest BCUT2D eigenvalue weighted by molar-refractivity contribution is -0.118. The minimum atomic E-state index is -0.328.